The maximum atomic E-state index is 3.86. The van der Waals surface area contributed by atoms with Gasteiger partial charge in [0.2, 0.25) is 0 Å². The smallest absolute Gasteiger partial charge is 0.0103 e. The zero-order valence-corrected chi connectivity index (χ0v) is 9.72. The first-order chi connectivity index (χ1) is 6.70. The summed E-state index contributed by atoms with van der Waals surface area (Å²) in [5.74, 6) is 1.38. The zero-order valence-electron chi connectivity index (χ0n) is 9.72. The molecule has 0 saturated heterocycles. The van der Waals surface area contributed by atoms with Crippen LogP contribution in [-0.2, 0) is 0 Å². The van der Waals surface area contributed by atoms with Crippen LogP contribution in [0.2, 0.25) is 0 Å². The highest BCUT2D eigenvalue weighted by Crippen LogP contribution is 2.35. The predicted octanol–water partition coefficient (Wildman–Crippen LogP) is 4.50. The summed E-state index contributed by atoms with van der Waals surface area (Å²) >= 11 is 0. The van der Waals surface area contributed by atoms with Gasteiger partial charge in [0.05, 0.1) is 0 Å². The van der Waals surface area contributed by atoms with Crippen LogP contribution >= 0.6 is 0 Å². The molecule has 1 aliphatic rings. The summed E-state index contributed by atoms with van der Waals surface area (Å²) in [4.78, 5) is 0. The minimum atomic E-state index is 0.679. The van der Waals surface area contributed by atoms with Crippen molar-refractivity contribution in [3.05, 3.63) is 36.0 Å². The van der Waals surface area contributed by atoms with E-state index in [0.717, 1.165) is 6.42 Å². The van der Waals surface area contributed by atoms with Crippen LogP contribution in [0.1, 0.15) is 40.0 Å². The van der Waals surface area contributed by atoms with Gasteiger partial charge in [-0.25, -0.2) is 0 Å². The third-order valence-electron chi connectivity index (χ3n) is 3.18. The fourth-order valence-electron chi connectivity index (χ4n) is 2.34. The minimum Gasteiger partial charge on any atom is -0.103 e. The molecule has 1 rings (SSSR count). The second-order valence-corrected chi connectivity index (χ2v) is 4.31. The molecule has 0 aromatic heterocycles. The van der Waals surface area contributed by atoms with Crippen molar-refractivity contribution < 1.29 is 0 Å². The van der Waals surface area contributed by atoms with E-state index in [1.165, 1.54) is 18.4 Å². The Bertz CT molecular complexity index is 255. The van der Waals surface area contributed by atoms with Crippen molar-refractivity contribution in [2.45, 2.75) is 40.0 Å². The van der Waals surface area contributed by atoms with Gasteiger partial charge in [-0.15, -0.1) is 6.58 Å². The standard InChI is InChI=1S/C14H22/c1-5-7-13-11(3)9-10-12(4)14(13)8-6-2/h5,9-11,13H,1,6-8H2,2-4H3. The van der Waals surface area contributed by atoms with Gasteiger partial charge < -0.3 is 0 Å². The molecule has 0 N–H and O–H groups in total. The molecular formula is C14H22. The Morgan fingerprint density at radius 3 is 2.79 bits per heavy atom. The van der Waals surface area contributed by atoms with E-state index in [4.69, 9.17) is 0 Å². The molecule has 0 radical (unpaired) electrons. The summed E-state index contributed by atoms with van der Waals surface area (Å²) in [6, 6.07) is 0. The van der Waals surface area contributed by atoms with Crippen LogP contribution in [0, 0.1) is 11.8 Å². The van der Waals surface area contributed by atoms with E-state index in [-0.39, 0.29) is 0 Å². The maximum Gasteiger partial charge on any atom is -0.0103 e. The molecule has 14 heavy (non-hydrogen) atoms. The van der Waals surface area contributed by atoms with Gasteiger partial charge in [0.1, 0.15) is 0 Å². The highest BCUT2D eigenvalue weighted by Gasteiger charge is 2.21. The minimum absolute atomic E-state index is 0.679. The van der Waals surface area contributed by atoms with E-state index < -0.39 is 0 Å². The van der Waals surface area contributed by atoms with Gasteiger partial charge in [-0.2, -0.15) is 0 Å². The van der Waals surface area contributed by atoms with Gasteiger partial charge in [0, 0.05) is 0 Å². The summed E-state index contributed by atoms with van der Waals surface area (Å²) in [7, 11) is 0. The number of hydrogen-bond donors (Lipinski definition) is 0. The Hall–Kier alpha value is -0.780. The van der Waals surface area contributed by atoms with Crippen LogP contribution in [-0.4, -0.2) is 0 Å². The van der Waals surface area contributed by atoms with Crippen LogP contribution in [0.25, 0.3) is 0 Å². The first-order valence-corrected chi connectivity index (χ1v) is 5.69. The summed E-state index contributed by atoms with van der Waals surface area (Å²) in [6.45, 7) is 10.7. The highest BCUT2D eigenvalue weighted by molar-refractivity contribution is 5.31. The summed E-state index contributed by atoms with van der Waals surface area (Å²) in [5.41, 5.74) is 3.14. The summed E-state index contributed by atoms with van der Waals surface area (Å²) < 4.78 is 0. The van der Waals surface area contributed by atoms with Gasteiger partial charge in [0.25, 0.3) is 0 Å². The third kappa shape index (κ3) is 2.37. The normalized spacial score (nSPS) is 26.8. The lowest BCUT2D eigenvalue weighted by Gasteiger charge is -2.28. The lowest BCUT2D eigenvalue weighted by molar-refractivity contribution is 0.464. The molecule has 0 bridgehead atoms. The first-order valence-electron chi connectivity index (χ1n) is 5.69. The number of hydrogen-bond acceptors (Lipinski definition) is 0. The van der Waals surface area contributed by atoms with Crippen LogP contribution in [0.15, 0.2) is 36.0 Å². The largest absolute Gasteiger partial charge is 0.103 e. The predicted molar refractivity (Wildman–Crippen MR) is 64.2 cm³/mol. The van der Waals surface area contributed by atoms with Crippen LogP contribution < -0.4 is 0 Å². The van der Waals surface area contributed by atoms with Crippen LogP contribution in [0.5, 0.6) is 0 Å². The van der Waals surface area contributed by atoms with Gasteiger partial charge in [0.15, 0.2) is 0 Å². The quantitative estimate of drug-likeness (QED) is 0.572. The molecule has 0 heterocycles. The molecule has 0 spiro atoms. The third-order valence-corrected chi connectivity index (χ3v) is 3.18. The Labute approximate surface area is 88.4 Å². The molecule has 0 heteroatoms. The lowest BCUT2D eigenvalue weighted by atomic mass is 9.77. The Kier molecular flexibility index (Phi) is 4.19. The van der Waals surface area contributed by atoms with Crippen molar-refractivity contribution in [3.63, 3.8) is 0 Å². The van der Waals surface area contributed by atoms with Crippen LogP contribution in [0.3, 0.4) is 0 Å². The highest BCUT2D eigenvalue weighted by atomic mass is 14.3. The second-order valence-electron chi connectivity index (χ2n) is 4.31. The van der Waals surface area contributed by atoms with E-state index in [0.29, 0.717) is 11.8 Å². The fourth-order valence-corrected chi connectivity index (χ4v) is 2.34. The van der Waals surface area contributed by atoms with Crippen molar-refractivity contribution in [1.82, 2.24) is 0 Å². The van der Waals surface area contributed by atoms with E-state index in [2.05, 4.69) is 45.6 Å². The van der Waals surface area contributed by atoms with Gasteiger partial charge in [-0.05, 0) is 31.6 Å². The topological polar surface area (TPSA) is 0 Å². The van der Waals surface area contributed by atoms with Gasteiger partial charge in [-0.3, -0.25) is 0 Å². The molecule has 0 aromatic carbocycles. The Balaban J connectivity index is 2.87. The van der Waals surface area contributed by atoms with E-state index in [1.54, 1.807) is 5.57 Å². The van der Waals surface area contributed by atoms with Crippen LogP contribution in [0.4, 0.5) is 0 Å². The average molecular weight is 190 g/mol. The SMILES string of the molecule is C=CCC1C(CCC)=C(C)C=CC1C. The zero-order chi connectivity index (χ0) is 10.6. The molecule has 0 fully saturated rings. The molecule has 0 aromatic rings. The maximum absolute atomic E-state index is 3.86. The monoisotopic (exact) mass is 190 g/mol. The molecule has 2 atom stereocenters. The molecule has 0 nitrogen and oxygen atoms in total. The Morgan fingerprint density at radius 1 is 1.50 bits per heavy atom. The van der Waals surface area contributed by atoms with Crippen molar-refractivity contribution in [2.24, 2.45) is 11.8 Å². The number of allylic oxidation sites excluding steroid dienone is 5. The summed E-state index contributed by atoms with van der Waals surface area (Å²) in [6.07, 6.45) is 10.3. The van der Waals surface area contributed by atoms with Gasteiger partial charge >= 0.3 is 0 Å². The molecular weight excluding hydrogens is 168 g/mol. The van der Waals surface area contributed by atoms with E-state index >= 15 is 0 Å². The first kappa shape index (κ1) is 11.3. The van der Waals surface area contributed by atoms with Crippen molar-refractivity contribution in [1.29, 1.82) is 0 Å². The van der Waals surface area contributed by atoms with Gasteiger partial charge in [-0.1, -0.05) is 49.6 Å². The van der Waals surface area contributed by atoms with Crippen molar-refractivity contribution in [2.75, 3.05) is 0 Å². The number of rotatable bonds is 4. The van der Waals surface area contributed by atoms with Crippen molar-refractivity contribution >= 4 is 0 Å². The summed E-state index contributed by atoms with van der Waals surface area (Å²) in [5, 5.41) is 0. The Morgan fingerprint density at radius 2 is 2.21 bits per heavy atom. The molecule has 2 unspecified atom stereocenters. The second kappa shape index (κ2) is 5.19. The lowest BCUT2D eigenvalue weighted by Crippen LogP contribution is -2.16. The van der Waals surface area contributed by atoms with Crippen molar-refractivity contribution in [3.8, 4) is 0 Å². The molecule has 0 amide bonds. The molecule has 0 aliphatic heterocycles. The van der Waals surface area contributed by atoms with E-state index in [9.17, 15) is 0 Å². The average Bonchev–Trinajstić information content (AvgIpc) is 2.17. The molecule has 1 aliphatic carbocycles. The molecule has 78 valence electrons. The van der Waals surface area contributed by atoms with E-state index in [1.807, 2.05) is 0 Å². The molecule has 0 saturated carbocycles. The fraction of sp³-hybridized carbons (Fsp3) is 0.571.